The zero-order valence-electron chi connectivity index (χ0n) is 21.0. The molecule has 4 aliphatic carbocycles. The lowest BCUT2D eigenvalue weighted by atomic mass is 9.47. The molecule has 4 rings (SSSR count). The highest BCUT2D eigenvalue weighted by Gasteiger charge is 2.59. The molecule has 0 N–H and O–H groups in total. The van der Waals surface area contributed by atoms with Crippen LogP contribution in [0.15, 0.2) is 23.8 Å². The quantitative estimate of drug-likeness (QED) is 0.332. The van der Waals surface area contributed by atoms with Crippen molar-refractivity contribution < 1.29 is 9.53 Å². The number of carbonyl (C=O) groups is 1. The van der Waals surface area contributed by atoms with Gasteiger partial charge in [-0.15, -0.1) is 0 Å². The number of esters is 1. The van der Waals surface area contributed by atoms with E-state index < -0.39 is 0 Å². The zero-order valence-corrected chi connectivity index (χ0v) is 21.0. The molecule has 174 valence electrons. The maximum Gasteiger partial charge on any atom is 0.302 e. The Hall–Kier alpha value is -1.05. The van der Waals surface area contributed by atoms with Gasteiger partial charge in [0.25, 0.3) is 0 Å². The van der Waals surface area contributed by atoms with Crippen molar-refractivity contribution in [3.05, 3.63) is 23.8 Å². The molecule has 0 amide bonds. The molecule has 2 nitrogen and oxygen atoms in total. The molecule has 0 unspecified atom stereocenters. The van der Waals surface area contributed by atoms with Crippen LogP contribution in [0.5, 0.6) is 0 Å². The summed E-state index contributed by atoms with van der Waals surface area (Å²) in [5, 5.41) is 0. The second-order valence-electron chi connectivity index (χ2n) is 12.4. The molecular weight excluding hydrogens is 380 g/mol. The van der Waals surface area contributed by atoms with Crippen LogP contribution in [0.1, 0.15) is 99.3 Å². The second kappa shape index (κ2) is 8.71. The summed E-state index contributed by atoms with van der Waals surface area (Å²) in [5.41, 5.74) is 2.45. The minimum absolute atomic E-state index is 0.108. The first kappa shape index (κ1) is 23.1. The molecule has 0 aliphatic heterocycles. The molecule has 0 aromatic carbocycles. The van der Waals surface area contributed by atoms with Crippen LogP contribution < -0.4 is 0 Å². The van der Waals surface area contributed by atoms with Crippen LogP contribution in [0.2, 0.25) is 0 Å². The van der Waals surface area contributed by atoms with E-state index in [0.29, 0.717) is 16.7 Å². The molecule has 4 aliphatic rings. The van der Waals surface area contributed by atoms with Crippen molar-refractivity contribution in [3.63, 3.8) is 0 Å². The van der Waals surface area contributed by atoms with Crippen molar-refractivity contribution in [3.8, 4) is 0 Å². The average Bonchev–Trinajstić information content (AvgIpc) is 3.05. The van der Waals surface area contributed by atoms with E-state index in [-0.39, 0.29) is 12.1 Å². The first-order valence-corrected chi connectivity index (χ1v) is 13.2. The summed E-state index contributed by atoms with van der Waals surface area (Å²) in [6, 6.07) is 0. The van der Waals surface area contributed by atoms with Crippen LogP contribution in [0.3, 0.4) is 0 Å². The van der Waals surface area contributed by atoms with E-state index in [0.717, 1.165) is 42.4 Å². The van der Waals surface area contributed by atoms with Crippen molar-refractivity contribution in [2.45, 2.75) is 105 Å². The normalized spacial score (nSPS) is 43.2. The number of rotatable bonds is 5. The molecule has 0 spiro atoms. The van der Waals surface area contributed by atoms with Crippen LogP contribution in [-0.4, -0.2) is 12.1 Å². The molecule has 3 fully saturated rings. The third-order valence-electron chi connectivity index (χ3n) is 10.1. The van der Waals surface area contributed by atoms with E-state index in [1.165, 1.54) is 44.9 Å². The van der Waals surface area contributed by atoms with Gasteiger partial charge >= 0.3 is 5.97 Å². The van der Waals surface area contributed by atoms with Gasteiger partial charge in [-0.3, -0.25) is 4.79 Å². The fourth-order valence-electron chi connectivity index (χ4n) is 8.57. The molecule has 0 aromatic rings. The van der Waals surface area contributed by atoms with E-state index >= 15 is 0 Å². The van der Waals surface area contributed by atoms with Gasteiger partial charge in [0.05, 0.1) is 0 Å². The Morgan fingerprint density at radius 3 is 2.61 bits per heavy atom. The molecule has 0 bridgehead atoms. The molecule has 3 saturated carbocycles. The van der Waals surface area contributed by atoms with Crippen molar-refractivity contribution in [1.82, 2.24) is 0 Å². The number of hydrogen-bond acceptors (Lipinski definition) is 2. The van der Waals surface area contributed by atoms with Gasteiger partial charge in [0.1, 0.15) is 6.10 Å². The fraction of sp³-hybridized carbons (Fsp3) is 0.828. The molecule has 0 aromatic heterocycles. The summed E-state index contributed by atoms with van der Waals surface area (Å²) in [7, 11) is 0. The summed E-state index contributed by atoms with van der Waals surface area (Å²) in [6.45, 7) is 13.9. The Balaban J connectivity index is 1.50. The molecule has 0 radical (unpaired) electrons. The highest BCUT2D eigenvalue weighted by molar-refractivity contribution is 5.66. The maximum absolute atomic E-state index is 11.5. The second-order valence-corrected chi connectivity index (χ2v) is 12.4. The molecule has 0 saturated heterocycles. The van der Waals surface area contributed by atoms with Gasteiger partial charge in [-0.1, -0.05) is 58.4 Å². The van der Waals surface area contributed by atoms with Gasteiger partial charge in [-0.25, -0.2) is 0 Å². The summed E-state index contributed by atoms with van der Waals surface area (Å²) < 4.78 is 5.61. The number of allylic oxidation sites excluding steroid dienone is 3. The fourth-order valence-corrected chi connectivity index (χ4v) is 8.57. The Kier molecular flexibility index (Phi) is 6.50. The number of hydrogen-bond donors (Lipinski definition) is 0. The zero-order chi connectivity index (χ0) is 22.4. The Morgan fingerprint density at radius 2 is 1.90 bits per heavy atom. The first-order valence-electron chi connectivity index (χ1n) is 13.2. The highest BCUT2D eigenvalue weighted by Crippen LogP contribution is 2.67. The van der Waals surface area contributed by atoms with Crippen molar-refractivity contribution >= 4 is 5.97 Å². The summed E-state index contributed by atoms with van der Waals surface area (Å²) in [4.78, 5) is 11.5. The van der Waals surface area contributed by atoms with E-state index in [9.17, 15) is 4.79 Å². The van der Waals surface area contributed by atoms with Crippen LogP contribution in [0.25, 0.3) is 0 Å². The van der Waals surface area contributed by atoms with Gasteiger partial charge < -0.3 is 4.74 Å². The largest absolute Gasteiger partial charge is 0.462 e. The maximum atomic E-state index is 11.5. The average molecular weight is 427 g/mol. The van der Waals surface area contributed by atoms with Gasteiger partial charge in [-0.05, 0) is 97.7 Å². The smallest absolute Gasteiger partial charge is 0.302 e. The number of carbonyl (C=O) groups excluding carboxylic acids is 1. The van der Waals surface area contributed by atoms with Crippen LogP contribution >= 0.6 is 0 Å². The Morgan fingerprint density at radius 1 is 1.13 bits per heavy atom. The van der Waals surface area contributed by atoms with Crippen molar-refractivity contribution in [1.29, 1.82) is 0 Å². The summed E-state index contributed by atoms with van der Waals surface area (Å²) in [6.07, 6.45) is 19.0. The molecule has 8 atom stereocenters. The SMILES string of the molecule is CC(=O)O[C@H]1CC[C@@]2(C)C(=CC[C@H]3[C@@H]4CC[C@H]([C@H](C)C=CCC(C)C)[C@@]4(C)CC[C@@H]32)C1. The van der Waals surface area contributed by atoms with Gasteiger partial charge in [-0.2, -0.15) is 0 Å². The number of fused-ring (bicyclic) bond motifs is 5. The van der Waals surface area contributed by atoms with E-state index in [1.54, 1.807) is 12.5 Å². The standard InChI is InChI=1S/C29H46O2/c1-19(2)8-7-9-20(3)25-12-13-26-24-11-10-22-18-23(31-21(4)30)14-16-28(22,5)27(24)15-17-29(25,26)6/h7,9-10,19-20,23-27H,8,11-18H2,1-6H3/t20-,23+,24+,25-,26+,27+,28+,29-/m1/s1. The monoisotopic (exact) mass is 426 g/mol. The lowest BCUT2D eigenvalue weighted by Gasteiger charge is -2.58. The lowest BCUT2D eigenvalue weighted by Crippen LogP contribution is -2.51. The van der Waals surface area contributed by atoms with E-state index in [2.05, 4.69) is 52.8 Å². The van der Waals surface area contributed by atoms with Crippen molar-refractivity contribution in [2.75, 3.05) is 0 Å². The molecular formula is C29H46O2. The third-order valence-corrected chi connectivity index (χ3v) is 10.1. The van der Waals surface area contributed by atoms with E-state index in [1.807, 2.05) is 0 Å². The highest BCUT2D eigenvalue weighted by atomic mass is 16.5. The van der Waals surface area contributed by atoms with Crippen LogP contribution in [-0.2, 0) is 9.53 Å². The van der Waals surface area contributed by atoms with Crippen LogP contribution in [0, 0.1) is 46.3 Å². The minimum Gasteiger partial charge on any atom is -0.462 e. The Bertz CT molecular complexity index is 733. The lowest BCUT2D eigenvalue weighted by molar-refractivity contribution is -0.148. The van der Waals surface area contributed by atoms with Gasteiger partial charge in [0, 0.05) is 13.3 Å². The first-order chi connectivity index (χ1) is 14.6. The predicted octanol–water partition coefficient (Wildman–Crippen LogP) is 7.74. The van der Waals surface area contributed by atoms with Crippen LogP contribution in [0.4, 0.5) is 0 Å². The summed E-state index contributed by atoms with van der Waals surface area (Å²) >= 11 is 0. The number of ether oxygens (including phenoxy) is 1. The summed E-state index contributed by atoms with van der Waals surface area (Å²) in [5.74, 6) is 4.76. The molecule has 0 heterocycles. The minimum atomic E-state index is -0.120. The van der Waals surface area contributed by atoms with Gasteiger partial charge in [0.2, 0.25) is 0 Å². The molecule has 31 heavy (non-hydrogen) atoms. The van der Waals surface area contributed by atoms with E-state index in [4.69, 9.17) is 4.74 Å². The predicted molar refractivity (Wildman–Crippen MR) is 129 cm³/mol. The molecule has 2 heteroatoms. The topological polar surface area (TPSA) is 26.3 Å². The van der Waals surface area contributed by atoms with Gasteiger partial charge in [0.15, 0.2) is 0 Å². The third kappa shape index (κ3) is 4.18. The van der Waals surface area contributed by atoms with Crippen molar-refractivity contribution in [2.24, 2.45) is 46.3 Å². The Labute approximate surface area is 191 Å².